The minimum absolute atomic E-state index is 0.0373. The number of hydrogen-bond acceptors (Lipinski definition) is 6. The fourth-order valence-electron chi connectivity index (χ4n) is 5.08. The molecule has 3 aromatic heterocycles. The molecule has 0 radical (unpaired) electrons. The van der Waals surface area contributed by atoms with Crippen molar-refractivity contribution in [2.24, 2.45) is 0 Å². The van der Waals surface area contributed by atoms with Gasteiger partial charge in [0.05, 0.1) is 63.6 Å². The standard InChI is InChI=1S/C24H29N7O3/c32-24-20-21-23(27-19-4-2-1-3-18(19)26-21)31(8-6-29-11-15-34-16-12-29)22(20)25-17-30(24)7-5-28-9-13-33-14-10-28/h1-4,17H,5-16H2/p+2. The van der Waals surface area contributed by atoms with Gasteiger partial charge < -0.3 is 23.8 Å². The van der Waals surface area contributed by atoms with E-state index >= 15 is 0 Å². The van der Waals surface area contributed by atoms with Crippen LogP contribution in [0.3, 0.4) is 0 Å². The number of fused-ring (bicyclic) bond motifs is 4. The van der Waals surface area contributed by atoms with E-state index in [1.807, 2.05) is 24.3 Å². The number of quaternary nitrogens is 2. The fourth-order valence-corrected chi connectivity index (χ4v) is 5.08. The largest absolute Gasteiger partial charge is 0.370 e. The highest BCUT2D eigenvalue weighted by molar-refractivity contribution is 6.04. The maximum atomic E-state index is 13.7. The highest BCUT2D eigenvalue weighted by atomic mass is 16.5. The predicted molar refractivity (Wildman–Crippen MR) is 127 cm³/mol. The van der Waals surface area contributed by atoms with Gasteiger partial charge in [-0.25, -0.2) is 15.0 Å². The number of para-hydroxylation sites is 2. The maximum absolute atomic E-state index is 13.7. The van der Waals surface area contributed by atoms with Crippen molar-refractivity contribution in [2.45, 2.75) is 13.1 Å². The molecule has 0 aliphatic carbocycles. The number of ether oxygens (including phenoxy) is 2. The molecule has 10 nitrogen and oxygen atoms in total. The molecule has 2 aliphatic heterocycles. The monoisotopic (exact) mass is 465 g/mol. The summed E-state index contributed by atoms with van der Waals surface area (Å²) in [7, 11) is 0. The van der Waals surface area contributed by atoms with Gasteiger partial charge in [0.15, 0.2) is 11.3 Å². The maximum Gasteiger partial charge on any atom is 0.265 e. The summed E-state index contributed by atoms with van der Waals surface area (Å²) in [5.41, 5.74) is 3.65. The summed E-state index contributed by atoms with van der Waals surface area (Å²) >= 11 is 0. The molecule has 2 fully saturated rings. The van der Waals surface area contributed by atoms with Crippen molar-refractivity contribution in [3.05, 3.63) is 40.9 Å². The molecule has 10 heteroatoms. The predicted octanol–water partition coefficient (Wildman–Crippen LogP) is -1.88. The molecule has 4 aromatic rings. The zero-order chi connectivity index (χ0) is 22.9. The minimum Gasteiger partial charge on any atom is -0.370 e. The molecule has 0 bridgehead atoms. The van der Waals surface area contributed by atoms with Gasteiger partial charge in [0.1, 0.15) is 43.4 Å². The Morgan fingerprint density at radius 3 is 2.12 bits per heavy atom. The molecule has 0 saturated carbocycles. The van der Waals surface area contributed by atoms with E-state index in [9.17, 15) is 4.79 Å². The lowest BCUT2D eigenvalue weighted by Crippen LogP contribution is -3.14. The second kappa shape index (κ2) is 9.38. The van der Waals surface area contributed by atoms with Gasteiger partial charge >= 0.3 is 0 Å². The van der Waals surface area contributed by atoms with Gasteiger partial charge in [-0.05, 0) is 12.1 Å². The summed E-state index contributed by atoms with van der Waals surface area (Å²) in [6.07, 6.45) is 1.70. The number of benzene rings is 1. The van der Waals surface area contributed by atoms with Crippen LogP contribution in [-0.2, 0) is 22.6 Å². The lowest BCUT2D eigenvalue weighted by Gasteiger charge is -2.24. The van der Waals surface area contributed by atoms with E-state index < -0.39 is 0 Å². The first-order valence-corrected chi connectivity index (χ1v) is 12.2. The lowest BCUT2D eigenvalue weighted by molar-refractivity contribution is -0.908. The third kappa shape index (κ3) is 4.07. The number of aromatic nitrogens is 5. The second-order valence-electron chi connectivity index (χ2n) is 9.20. The Hall–Kier alpha value is -2.92. The van der Waals surface area contributed by atoms with E-state index in [-0.39, 0.29) is 5.56 Å². The Balaban J connectivity index is 1.41. The van der Waals surface area contributed by atoms with Crippen LogP contribution in [0.2, 0.25) is 0 Å². The van der Waals surface area contributed by atoms with Crippen LogP contribution in [0.5, 0.6) is 0 Å². The zero-order valence-corrected chi connectivity index (χ0v) is 19.3. The van der Waals surface area contributed by atoms with Crippen molar-refractivity contribution >= 4 is 33.2 Å². The van der Waals surface area contributed by atoms with Crippen LogP contribution in [0.15, 0.2) is 35.4 Å². The average molecular weight is 466 g/mol. The number of hydrogen-bond donors (Lipinski definition) is 2. The molecule has 2 saturated heterocycles. The van der Waals surface area contributed by atoms with Crippen LogP contribution in [0, 0.1) is 0 Å². The van der Waals surface area contributed by atoms with Crippen molar-refractivity contribution in [2.75, 3.05) is 65.7 Å². The van der Waals surface area contributed by atoms with Crippen LogP contribution in [-0.4, -0.2) is 89.8 Å². The molecule has 6 rings (SSSR count). The highest BCUT2D eigenvalue weighted by Gasteiger charge is 2.22. The Morgan fingerprint density at radius 1 is 0.824 bits per heavy atom. The van der Waals surface area contributed by atoms with Crippen molar-refractivity contribution in [3.8, 4) is 0 Å². The lowest BCUT2D eigenvalue weighted by atomic mass is 10.3. The highest BCUT2D eigenvalue weighted by Crippen LogP contribution is 2.24. The smallest absolute Gasteiger partial charge is 0.265 e. The Labute approximate surface area is 196 Å². The Bertz CT molecular complexity index is 1370. The van der Waals surface area contributed by atoms with Crippen molar-refractivity contribution < 1.29 is 19.3 Å². The van der Waals surface area contributed by atoms with Gasteiger partial charge in [0.2, 0.25) is 0 Å². The molecule has 2 N–H and O–H groups in total. The van der Waals surface area contributed by atoms with Crippen LogP contribution < -0.4 is 15.4 Å². The molecule has 0 spiro atoms. The first-order valence-electron chi connectivity index (χ1n) is 12.2. The SMILES string of the molecule is O=c1c2c3nc4ccccc4nc3n(CC[NH+]3CCOCC3)c2ncn1CC[NH+]1CCOCC1. The Morgan fingerprint density at radius 2 is 1.44 bits per heavy atom. The third-order valence-electron chi connectivity index (χ3n) is 7.11. The molecule has 0 amide bonds. The van der Waals surface area contributed by atoms with E-state index in [1.54, 1.807) is 10.9 Å². The molecule has 5 heterocycles. The van der Waals surface area contributed by atoms with E-state index in [4.69, 9.17) is 24.4 Å². The fraction of sp³-hybridized carbons (Fsp3) is 0.500. The van der Waals surface area contributed by atoms with Gasteiger partial charge in [-0.1, -0.05) is 12.1 Å². The van der Waals surface area contributed by atoms with E-state index in [2.05, 4.69) is 4.57 Å². The summed E-state index contributed by atoms with van der Waals surface area (Å²) in [5, 5.41) is 0.574. The number of nitrogens with one attached hydrogen (secondary N) is 2. The van der Waals surface area contributed by atoms with Gasteiger partial charge in [0, 0.05) is 0 Å². The molecule has 0 atom stereocenters. The Kier molecular flexibility index (Phi) is 5.96. The zero-order valence-electron chi connectivity index (χ0n) is 19.3. The van der Waals surface area contributed by atoms with Gasteiger partial charge in [-0.3, -0.25) is 9.36 Å². The van der Waals surface area contributed by atoms with E-state index in [1.165, 1.54) is 9.80 Å². The summed E-state index contributed by atoms with van der Waals surface area (Å²) in [6, 6.07) is 7.83. The summed E-state index contributed by atoms with van der Waals surface area (Å²) in [6.45, 7) is 10.3. The number of rotatable bonds is 6. The summed E-state index contributed by atoms with van der Waals surface area (Å²) < 4.78 is 14.8. The quantitative estimate of drug-likeness (QED) is 0.347. The first-order chi connectivity index (χ1) is 16.8. The van der Waals surface area contributed by atoms with Crippen LogP contribution in [0.4, 0.5) is 0 Å². The van der Waals surface area contributed by atoms with Crippen LogP contribution in [0.1, 0.15) is 0 Å². The molecule has 178 valence electrons. The molecular weight excluding hydrogens is 434 g/mol. The topological polar surface area (TPSA) is 92.9 Å². The first kappa shape index (κ1) is 21.6. The van der Waals surface area contributed by atoms with Crippen molar-refractivity contribution in [1.29, 1.82) is 0 Å². The second-order valence-corrected chi connectivity index (χ2v) is 9.20. The molecule has 0 unspecified atom stereocenters. The number of morpholine rings is 2. The normalized spacial score (nSPS) is 18.4. The summed E-state index contributed by atoms with van der Waals surface area (Å²) in [5.74, 6) is 0. The van der Waals surface area contributed by atoms with Gasteiger partial charge in [-0.15, -0.1) is 0 Å². The van der Waals surface area contributed by atoms with Crippen molar-refractivity contribution in [3.63, 3.8) is 0 Å². The van der Waals surface area contributed by atoms with E-state index in [0.717, 1.165) is 88.9 Å². The summed E-state index contributed by atoms with van der Waals surface area (Å²) in [4.78, 5) is 31.2. The van der Waals surface area contributed by atoms with Crippen LogP contribution in [0.25, 0.3) is 33.2 Å². The van der Waals surface area contributed by atoms with Crippen LogP contribution >= 0.6 is 0 Å². The van der Waals surface area contributed by atoms with Gasteiger partial charge in [-0.2, -0.15) is 0 Å². The van der Waals surface area contributed by atoms with E-state index in [0.29, 0.717) is 23.1 Å². The number of nitrogens with zero attached hydrogens (tertiary/aromatic N) is 5. The molecular formula is C24H31N7O3+2. The third-order valence-corrected chi connectivity index (χ3v) is 7.11. The van der Waals surface area contributed by atoms with Gasteiger partial charge in [0.25, 0.3) is 5.56 Å². The average Bonchev–Trinajstić information content (AvgIpc) is 3.20. The molecule has 34 heavy (non-hydrogen) atoms. The molecule has 1 aromatic carbocycles. The molecule has 2 aliphatic rings. The van der Waals surface area contributed by atoms with Crippen molar-refractivity contribution in [1.82, 2.24) is 24.1 Å². The minimum atomic E-state index is -0.0373.